The van der Waals surface area contributed by atoms with E-state index < -0.39 is 0 Å². The summed E-state index contributed by atoms with van der Waals surface area (Å²) in [6, 6.07) is 1.74. The topological polar surface area (TPSA) is 38.7 Å². The normalized spacial score (nSPS) is 24.5. The molecular weight excluding hydrogens is 192 g/mol. The Hall–Kier alpha value is -1.22. The first-order valence-electron chi connectivity index (χ1n) is 5.16. The number of hydrogen-bond acceptors (Lipinski definition) is 3. The maximum Gasteiger partial charge on any atom is 0.197 e. The molecule has 3 nitrogen and oxygen atoms in total. The summed E-state index contributed by atoms with van der Waals surface area (Å²) in [6.07, 6.45) is -0.260. The van der Waals surface area contributed by atoms with E-state index in [-0.39, 0.29) is 12.4 Å². The maximum atomic E-state index is 9.73. The SMILES string of the molecule is Cc1cc(O)c(C)c2c1O[C@H](C)O[C@@H]2C. The zero-order chi connectivity index (χ0) is 11.2. The van der Waals surface area contributed by atoms with Gasteiger partial charge in [0.15, 0.2) is 6.29 Å². The van der Waals surface area contributed by atoms with E-state index in [9.17, 15) is 5.11 Å². The molecule has 0 radical (unpaired) electrons. The molecule has 1 aromatic carbocycles. The summed E-state index contributed by atoms with van der Waals surface area (Å²) in [5.41, 5.74) is 2.76. The van der Waals surface area contributed by atoms with Gasteiger partial charge >= 0.3 is 0 Å². The number of benzene rings is 1. The first-order valence-corrected chi connectivity index (χ1v) is 5.16. The fourth-order valence-corrected chi connectivity index (χ4v) is 2.09. The predicted molar refractivity (Wildman–Crippen MR) is 57.2 cm³/mol. The Morgan fingerprint density at radius 2 is 1.93 bits per heavy atom. The van der Waals surface area contributed by atoms with Gasteiger partial charge in [0, 0.05) is 11.1 Å². The standard InChI is InChI=1S/C12H16O3/c1-6-5-10(13)7(2)11-8(3)14-9(4)15-12(6)11/h5,8-9,13H,1-4H3/t8-,9-/m1/s1. The van der Waals surface area contributed by atoms with Gasteiger partial charge in [-0.3, -0.25) is 0 Å². The maximum absolute atomic E-state index is 9.73. The summed E-state index contributed by atoms with van der Waals surface area (Å²) in [7, 11) is 0. The van der Waals surface area contributed by atoms with E-state index >= 15 is 0 Å². The third kappa shape index (κ3) is 1.57. The molecule has 0 fully saturated rings. The number of fused-ring (bicyclic) bond motifs is 1. The van der Waals surface area contributed by atoms with Crippen molar-refractivity contribution in [2.75, 3.05) is 0 Å². The number of phenols is 1. The third-order valence-electron chi connectivity index (χ3n) is 2.83. The Balaban J connectivity index is 2.63. The summed E-state index contributed by atoms with van der Waals surface area (Å²) in [6.45, 7) is 7.67. The second-order valence-electron chi connectivity index (χ2n) is 4.04. The Bertz CT molecular complexity index is 398. The van der Waals surface area contributed by atoms with Crippen LogP contribution < -0.4 is 4.74 Å². The molecule has 0 aliphatic carbocycles. The average Bonchev–Trinajstić information content (AvgIpc) is 2.13. The highest BCUT2D eigenvalue weighted by Gasteiger charge is 2.27. The first kappa shape index (κ1) is 10.3. The lowest BCUT2D eigenvalue weighted by Gasteiger charge is -2.31. The van der Waals surface area contributed by atoms with E-state index in [1.165, 1.54) is 0 Å². The van der Waals surface area contributed by atoms with Crippen LogP contribution >= 0.6 is 0 Å². The Kier molecular flexibility index (Phi) is 2.35. The van der Waals surface area contributed by atoms with Crippen LogP contribution in [0.2, 0.25) is 0 Å². The quantitative estimate of drug-likeness (QED) is 0.712. The zero-order valence-corrected chi connectivity index (χ0v) is 9.50. The van der Waals surface area contributed by atoms with Gasteiger partial charge in [0.05, 0.1) is 6.10 Å². The molecule has 1 aliphatic heterocycles. The highest BCUT2D eigenvalue weighted by molar-refractivity contribution is 5.53. The van der Waals surface area contributed by atoms with Crippen molar-refractivity contribution in [3.05, 3.63) is 22.8 Å². The molecule has 15 heavy (non-hydrogen) atoms. The molecule has 1 N–H and O–H groups in total. The van der Waals surface area contributed by atoms with Crippen LogP contribution in [-0.2, 0) is 4.74 Å². The highest BCUT2D eigenvalue weighted by Crippen LogP contribution is 2.42. The second-order valence-corrected chi connectivity index (χ2v) is 4.04. The van der Waals surface area contributed by atoms with E-state index in [4.69, 9.17) is 9.47 Å². The van der Waals surface area contributed by atoms with Gasteiger partial charge in [-0.25, -0.2) is 0 Å². The lowest BCUT2D eigenvalue weighted by molar-refractivity contribution is -0.123. The minimum Gasteiger partial charge on any atom is -0.508 e. The van der Waals surface area contributed by atoms with Crippen LogP contribution in [0, 0.1) is 13.8 Å². The highest BCUT2D eigenvalue weighted by atomic mass is 16.7. The molecule has 0 unspecified atom stereocenters. The fourth-order valence-electron chi connectivity index (χ4n) is 2.09. The summed E-state index contributed by atoms with van der Waals surface area (Å²) in [5.74, 6) is 1.16. The van der Waals surface area contributed by atoms with Crippen molar-refractivity contribution in [1.29, 1.82) is 0 Å². The van der Waals surface area contributed by atoms with Crippen LogP contribution in [-0.4, -0.2) is 11.4 Å². The number of phenolic OH excluding ortho intramolecular Hbond substituents is 1. The lowest BCUT2D eigenvalue weighted by Crippen LogP contribution is -2.25. The third-order valence-corrected chi connectivity index (χ3v) is 2.83. The first-order chi connectivity index (χ1) is 7.00. The molecule has 0 amide bonds. The van der Waals surface area contributed by atoms with E-state index in [1.807, 2.05) is 27.7 Å². The summed E-state index contributed by atoms with van der Waals surface area (Å²) >= 11 is 0. The van der Waals surface area contributed by atoms with Crippen LogP contribution in [0.5, 0.6) is 11.5 Å². The van der Waals surface area contributed by atoms with Crippen molar-refractivity contribution < 1.29 is 14.6 Å². The molecular formula is C12H16O3. The van der Waals surface area contributed by atoms with Crippen LogP contribution in [0.4, 0.5) is 0 Å². The van der Waals surface area contributed by atoms with E-state index in [2.05, 4.69) is 0 Å². The van der Waals surface area contributed by atoms with Gasteiger partial charge in [0.1, 0.15) is 11.5 Å². The largest absolute Gasteiger partial charge is 0.508 e. The van der Waals surface area contributed by atoms with Gasteiger partial charge < -0.3 is 14.6 Å². The minimum absolute atomic E-state index is 0.0328. The Morgan fingerprint density at radius 1 is 1.27 bits per heavy atom. The number of ether oxygens (including phenoxy) is 2. The van der Waals surface area contributed by atoms with Gasteiger partial charge in [0.25, 0.3) is 0 Å². The predicted octanol–water partition coefficient (Wildman–Crippen LogP) is 2.83. The van der Waals surface area contributed by atoms with E-state index in [0.717, 1.165) is 22.4 Å². The van der Waals surface area contributed by atoms with E-state index in [1.54, 1.807) is 6.07 Å². The average molecular weight is 208 g/mol. The van der Waals surface area contributed by atoms with Crippen LogP contribution in [0.15, 0.2) is 6.07 Å². The lowest BCUT2D eigenvalue weighted by atomic mass is 9.98. The molecule has 1 aliphatic rings. The molecule has 0 saturated heterocycles. The van der Waals surface area contributed by atoms with Gasteiger partial charge in [-0.05, 0) is 39.3 Å². The smallest absolute Gasteiger partial charge is 0.197 e. The molecule has 0 aromatic heterocycles. The number of aromatic hydroxyl groups is 1. The number of hydrogen-bond donors (Lipinski definition) is 1. The van der Waals surface area contributed by atoms with Gasteiger partial charge in [-0.1, -0.05) is 0 Å². The van der Waals surface area contributed by atoms with Crippen LogP contribution in [0.25, 0.3) is 0 Å². The van der Waals surface area contributed by atoms with Crippen molar-refractivity contribution >= 4 is 0 Å². The van der Waals surface area contributed by atoms with Crippen LogP contribution in [0.1, 0.15) is 36.6 Å². The Labute approximate surface area is 89.6 Å². The molecule has 0 saturated carbocycles. The summed E-state index contributed by atoms with van der Waals surface area (Å²) in [4.78, 5) is 0. The summed E-state index contributed by atoms with van der Waals surface area (Å²) in [5, 5.41) is 9.73. The minimum atomic E-state index is -0.227. The molecule has 1 aromatic rings. The monoisotopic (exact) mass is 208 g/mol. The fraction of sp³-hybridized carbons (Fsp3) is 0.500. The zero-order valence-electron chi connectivity index (χ0n) is 9.50. The molecule has 3 heteroatoms. The van der Waals surface area contributed by atoms with Crippen molar-refractivity contribution in [3.8, 4) is 11.5 Å². The number of rotatable bonds is 0. The Morgan fingerprint density at radius 3 is 2.60 bits per heavy atom. The molecule has 0 spiro atoms. The summed E-state index contributed by atoms with van der Waals surface area (Å²) < 4.78 is 11.2. The molecule has 0 bridgehead atoms. The molecule has 2 atom stereocenters. The van der Waals surface area contributed by atoms with Gasteiger partial charge in [-0.2, -0.15) is 0 Å². The van der Waals surface area contributed by atoms with Gasteiger partial charge in [0.2, 0.25) is 0 Å². The van der Waals surface area contributed by atoms with Crippen molar-refractivity contribution in [2.45, 2.75) is 40.1 Å². The van der Waals surface area contributed by atoms with Crippen molar-refractivity contribution in [2.24, 2.45) is 0 Å². The molecule has 1 heterocycles. The van der Waals surface area contributed by atoms with Crippen molar-refractivity contribution in [3.63, 3.8) is 0 Å². The van der Waals surface area contributed by atoms with Crippen LogP contribution in [0.3, 0.4) is 0 Å². The molecule has 2 rings (SSSR count). The van der Waals surface area contributed by atoms with Gasteiger partial charge in [-0.15, -0.1) is 0 Å². The number of aryl methyl sites for hydroxylation is 1. The van der Waals surface area contributed by atoms with Crippen molar-refractivity contribution in [1.82, 2.24) is 0 Å². The van der Waals surface area contributed by atoms with E-state index in [0.29, 0.717) is 5.75 Å². The second kappa shape index (κ2) is 3.42. The molecule has 82 valence electrons.